The quantitative estimate of drug-likeness (QED) is 0.653. The van der Waals surface area contributed by atoms with Crippen LogP contribution in [0.25, 0.3) is 0 Å². The summed E-state index contributed by atoms with van der Waals surface area (Å²) in [7, 11) is -3.47. The molecule has 2 rings (SSSR count). The van der Waals surface area contributed by atoms with Crippen LogP contribution in [0.4, 0.5) is 11.4 Å². The molecule has 7 heteroatoms. The van der Waals surface area contributed by atoms with Crippen molar-refractivity contribution in [2.24, 2.45) is 0 Å². The van der Waals surface area contributed by atoms with E-state index in [1.54, 1.807) is 24.3 Å². The van der Waals surface area contributed by atoms with Gasteiger partial charge in [0.15, 0.2) is 0 Å². The van der Waals surface area contributed by atoms with Gasteiger partial charge in [-0.15, -0.1) is 0 Å². The molecule has 0 aliphatic rings. The van der Waals surface area contributed by atoms with Crippen LogP contribution >= 0.6 is 11.6 Å². The first kappa shape index (κ1) is 22.2. The number of aryl methyl sites for hydroxylation is 1. The molecule has 0 aliphatic carbocycles. The van der Waals surface area contributed by atoms with Crippen molar-refractivity contribution in [3.63, 3.8) is 0 Å². The van der Waals surface area contributed by atoms with E-state index in [1.165, 1.54) is 4.31 Å². The lowest BCUT2D eigenvalue weighted by Crippen LogP contribution is -2.31. The molecule has 0 fully saturated rings. The van der Waals surface area contributed by atoms with Crippen molar-refractivity contribution in [3.05, 3.63) is 58.6 Å². The number of sulfonamides is 1. The van der Waals surface area contributed by atoms with Crippen molar-refractivity contribution in [2.45, 2.75) is 39.5 Å². The molecular weight excluding hydrogens is 396 g/mol. The number of anilines is 2. The van der Waals surface area contributed by atoms with Gasteiger partial charge in [0, 0.05) is 23.7 Å². The molecule has 0 saturated heterocycles. The number of amides is 1. The summed E-state index contributed by atoms with van der Waals surface area (Å²) in [6.45, 7) is 6.34. The number of carbonyl (C=O) groups is 1. The molecule has 0 aliphatic heterocycles. The second-order valence-electron chi connectivity index (χ2n) is 7.16. The molecule has 1 amide bonds. The van der Waals surface area contributed by atoms with E-state index in [0.29, 0.717) is 23.0 Å². The third kappa shape index (κ3) is 5.97. The fourth-order valence-electron chi connectivity index (χ4n) is 3.05. The SMILES string of the molecule is Cc1cccc(C(C)C)c1NC(=O)CCCN(c1cccc(Cl)c1)S(C)(=O)=O. The maximum Gasteiger partial charge on any atom is 0.232 e. The molecular formula is C21H27ClN2O3S. The number of halogens is 1. The number of nitrogens with zero attached hydrogens (tertiary/aromatic N) is 1. The molecule has 2 aromatic rings. The van der Waals surface area contributed by atoms with Gasteiger partial charge in [-0.3, -0.25) is 9.10 Å². The van der Waals surface area contributed by atoms with Gasteiger partial charge in [0.1, 0.15) is 0 Å². The van der Waals surface area contributed by atoms with Crippen LogP contribution in [0, 0.1) is 6.92 Å². The molecule has 0 bridgehead atoms. The molecule has 0 spiro atoms. The Morgan fingerprint density at radius 3 is 2.46 bits per heavy atom. The van der Waals surface area contributed by atoms with Crippen molar-refractivity contribution >= 4 is 38.9 Å². The Kier molecular flexibility index (Phi) is 7.49. The summed E-state index contributed by atoms with van der Waals surface area (Å²) in [5.41, 5.74) is 3.44. The van der Waals surface area contributed by atoms with Gasteiger partial charge in [0.25, 0.3) is 0 Å². The monoisotopic (exact) mass is 422 g/mol. The normalized spacial score (nSPS) is 11.5. The van der Waals surface area contributed by atoms with E-state index in [9.17, 15) is 13.2 Å². The first-order valence-corrected chi connectivity index (χ1v) is 11.4. The number of benzene rings is 2. The van der Waals surface area contributed by atoms with Crippen molar-refractivity contribution < 1.29 is 13.2 Å². The Balaban J connectivity index is 2.04. The summed E-state index contributed by atoms with van der Waals surface area (Å²) >= 11 is 5.98. The third-order valence-electron chi connectivity index (χ3n) is 4.45. The number of rotatable bonds is 8. The predicted octanol–water partition coefficient (Wildman–Crippen LogP) is 4.96. The lowest BCUT2D eigenvalue weighted by Gasteiger charge is -2.22. The number of carbonyl (C=O) groups excluding carboxylic acids is 1. The largest absolute Gasteiger partial charge is 0.326 e. The van der Waals surface area contributed by atoms with E-state index in [1.807, 2.05) is 25.1 Å². The van der Waals surface area contributed by atoms with Crippen LogP contribution in [0.5, 0.6) is 0 Å². The van der Waals surface area contributed by atoms with Crippen LogP contribution in [-0.4, -0.2) is 27.1 Å². The van der Waals surface area contributed by atoms with Crippen molar-refractivity contribution in [3.8, 4) is 0 Å². The highest BCUT2D eigenvalue weighted by Gasteiger charge is 2.18. The Hall–Kier alpha value is -2.05. The maximum absolute atomic E-state index is 12.5. The average molecular weight is 423 g/mol. The molecule has 28 heavy (non-hydrogen) atoms. The Morgan fingerprint density at radius 2 is 1.86 bits per heavy atom. The average Bonchev–Trinajstić information content (AvgIpc) is 2.59. The summed E-state index contributed by atoms with van der Waals surface area (Å²) in [6, 6.07) is 12.6. The highest BCUT2D eigenvalue weighted by molar-refractivity contribution is 7.92. The van der Waals surface area contributed by atoms with Crippen LogP contribution in [0.3, 0.4) is 0 Å². The highest BCUT2D eigenvalue weighted by Crippen LogP contribution is 2.28. The topological polar surface area (TPSA) is 66.5 Å². The minimum atomic E-state index is -3.47. The van der Waals surface area contributed by atoms with E-state index in [4.69, 9.17) is 11.6 Å². The van der Waals surface area contributed by atoms with Crippen molar-refractivity contribution in [1.82, 2.24) is 0 Å². The summed E-state index contributed by atoms with van der Waals surface area (Å²) in [6.07, 6.45) is 1.77. The van der Waals surface area contributed by atoms with Gasteiger partial charge in [-0.05, 0) is 48.6 Å². The molecule has 2 aromatic carbocycles. The van der Waals surface area contributed by atoms with Crippen LogP contribution in [0.1, 0.15) is 43.7 Å². The standard InChI is InChI=1S/C21H27ClN2O3S/c1-15(2)19-11-5-8-16(3)21(19)23-20(25)12-7-13-24(28(4,26)27)18-10-6-9-17(22)14-18/h5-6,8-11,14-15H,7,12-13H2,1-4H3,(H,23,25). The van der Waals surface area contributed by atoms with E-state index >= 15 is 0 Å². The van der Waals surface area contributed by atoms with E-state index in [-0.39, 0.29) is 18.9 Å². The molecule has 0 saturated carbocycles. The molecule has 152 valence electrons. The zero-order chi connectivity index (χ0) is 20.9. The smallest absolute Gasteiger partial charge is 0.232 e. The van der Waals surface area contributed by atoms with Gasteiger partial charge in [-0.2, -0.15) is 0 Å². The van der Waals surface area contributed by atoms with Crippen LogP contribution in [-0.2, 0) is 14.8 Å². The van der Waals surface area contributed by atoms with Gasteiger partial charge in [0.05, 0.1) is 11.9 Å². The van der Waals surface area contributed by atoms with Gasteiger partial charge in [-0.1, -0.05) is 49.7 Å². The first-order chi connectivity index (χ1) is 13.1. The summed E-state index contributed by atoms with van der Waals surface area (Å²) < 4.78 is 25.6. The van der Waals surface area contributed by atoms with Gasteiger partial charge >= 0.3 is 0 Å². The van der Waals surface area contributed by atoms with Crippen LogP contribution in [0.2, 0.25) is 5.02 Å². The van der Waals surface area contributed by atoms with Gasteiger partial charge in [0.2, 0.25) is 15.9 Å². The fraction of sp³-hybridized carbons (Fsp3) is 0.381. The number of hydrogen-bond acceptors (Lipinski definition) is 3. The number of para-hydroxylation sites is 1. The molecule has 5 nitrogen and oxygen atoms in total. The molecule has 0 atom stereocenters. The van der Waals surface area contributed by atoms with E-state index in [0.717, 1.165) is 23.1 Å². The third-order valence-corrected chi connectivity index (χ3v) is 5.88. The van der Waals surface area contributed by atoms with Crippen molar-refractivity contribution in [2.75, 3.05) is 22.4 Å². The Morgan fingerprint density at radius 1 is 1.18 bits per heavy atom. The minimum absolute atomic E-state index is 0.129. The lowest BCUT2D eigenvalue weighted by atomic mass is 9.98. The maximum atomic E-state index is 12.5. The lowest BCUT2D eigenvalue weighted by molar-refractivity contribution is -0.116. The molecule has 1 N–H and O–H groups in total. The van der Waals surface area contributed by atoms with Crippen LogP contribution < -0.4 is 9.62 Å². The zero-order valence-corrected chi connectivity index (χ0v) is 18.3. The molecule has 0 heterocycles. The molecule has 0 unspecified atom stereocenters. The van der Waals surface area contributed by atoms with Gasteiger partial charge in [-0.25, -0.2) is 8.42 Å². The van der Waals surface area contributed by atoms with Crippen LogP contribution in [0.15, 0.2) is 42.5 Å². The number of nitrogens with one attached hydrogen (secondary N) is 1. The second kappa shape index (κ2) is 9.43. The minimum Gasteiger partial charge on any atom is -0.326 e. The Bertz CT molecular complexity index is 942. The van der Waals surface area contributed by atoms with E-state index in [2.05, 4.69) is 19.2 Å². The predicted molar refractivity (Wildman–Crippen MR) is 117 cm³/mol. The van der Waals surface area contributed by atoms with Gasteiger partial charge < -0.3 is 5.32 Å². The zero-order valence-electron chi connectivity index (χ0n) is 16.7. The summed E-state index contributed by atoms with van der Waals surface area (Å²) in [4.78, 5) is 12.5. The Labute approximate surface area is 172 Å². The molecule has 0 radical (unpaired) electrons. The molecule has 0 aromatic heterocycles. The highest BCUT2D eigenvalue weighted by atomic mass is 35.5. The fourth-order valence-corrected chi connectivity index (χ4v) is 4.19. The second-order valence-corrected chi connectivity index (χ2v) is 9.50. The number of hydrogen-bond donors (Lipinski definition) is 1. The van der Waals surface area contributed by atoms with Crippen molar-refractivity contribution in [1.29, 1.82) is 0 Å². The summed E-state index contributed by atoms with van der Waals surface area (Å²) in [5, 5.41) is 3.46. The first-order valence-electron chi connectivity index (χ1n) is 9.22. The van der Waals surface area contributed by atoms with E-state index < -0.39 is 10.0 Å². The summed E-state index contributed by atoms with van der Waals surface area (Å²) in [5.74, 6) is 0.162.